The number of rotatable bonds is 10. The van der Waals surface area contributed by atoms with E-state index in [4.69, 9.17) is 0 Å². The van der Waals surface area contributed by atoms with Crippen molar-refractivity contribution in [1.29, 1.82) is 0 Å². The third-order valence-corrected chi connectivity index (χ3v) is 7.71. The second-order valence-corrected chi connectivity index (χ2v) is 10.9. The van der Waals surface area contributed by atoms with Crippen LogP contribution in [0.15, 0.2) is 40.4 Å². The van der Waals surface area contributed by atoms with Gasteiger partial charge < -0.3 is 0 Å². The Balaban J connectivity index is 1.77. The zero-order valence-electron chi connectivity index (χ0n) is 17.0. The summed E-state index contributed by atoms with van der Waals surface area (Å²) in [5.41, 5.74) is 6.24. The van der Waals surface area contributed by atoms with Crippen molar-refractivity contribution in [3.05, 3.63) is 51.5 Å². The third kappa shape index (κ3) is 5.18. The van der Waals surface area contributed by atoms with E-state index in [0.717, 1.165) is 0 Å². The van der Waals surface area contributed by atoms with Gasteiger partial charge in [-0.3, -0.25) is 0 Å². The van der Waals surface area contributed by atoms with Gasteiger partial charge in [-0.1, -0.05) is 121 Å². The Labute approximate surface area is 183 Å². The number of hydrogen-bond donors (Lipinski definition) is 0. The smallest absolute Gasteiger partial charge is 0.0477 e. The van der Waals surface area contributed by atoms with Crippen LogP contribution in [0.2, 0.25) is 0 Å². The Kier molecular flexibility index (Phi) is 7.85. The average Bonchev–Trinajstić information content (AvgIpc) is 2.94. The molecule has 0 spiro atoms. The zero-order chi connectivity index (χ0) is 19.3. The molecule has 2 atom stereocenters. The minimum Gasteiger partial charge on any atom is -0.0804 e. The first-order valence-electron chi connectivity index (χ1n) is 11.0. The van der Waals surface area contributed by atoms with Crippen molar-refractivity contribution in [1.82, 2.24) is 0 Å². The summed E-state index contributed by atoms with van der Waals surface area (Å²) < 4.78 is 1.38. The van der Waals surface area contributed by atoms with Crippen LogP contribution in [0, 0.1) is 0 Å². The van der Waals surface area contributed by atoms with Crippen LogP contribution in [-0.4, -0.2) is 4.32 Å². The lowest BCUT2D eigenvalue weighted by molar-refractivity contribution is 0.537. The van der Waals surface area contributed by atoms with Crippen molar-refractivity contribution < 1.29 is 0 Å². The molecule has 0 N–H and O–H groups in total. The Bertz CT molecular complexity index is 700. The highest BCUT2D eigenvalue weighted by Gasteiger charge is 2.37. The van der Waals surface area contributed by atoms with E-state index in [0.29, 0.717) is 5.92 Å². The molecule has 27 heavy (non-hydrogen) atoms. The minimum absolute atomic E-state index is 0.167. The maximum Gasteiger partial charge on any atom is 0.0477 e. The van der Waals surface area contributed by atoms with E-state index in [1.807, 2.05) is 0 Å². The summed E-state index contributed by atoms with van der Waals surface area (Å²) >= 11 is 7.84. The summed E-state index contributed by atoms with van der Waals surface area (Å²) in [4.78, 5) is 0. The summed E-state index contributed by atoms with van der Waals surface area (Å²) in [5.74, 6) is 0.613. The number of hydrogen-bond acceptors (Lipinski definition) is 0. The zero-order valence-corrected chi connectivity index (χ0v) is 20.2. The molecular weight excluding hydrogens is 460 g/mol. The summed E-state index contributed by atoms with van der Waals surface area (Å²) in [6.07, 6.45) is 19.3. The molecule has 1 aromatic rings. The molecule has 0 heterocycles. The Morgan fingerprint density at radius 1 is 1.00 bits per heavy atom. The van der Waals surface area contributed by atoms with Gasteiger partial charge in [0.2, 0.25) is 0 Å². The van der Waals surface area contributed by atoms with E-state index >= 15 is 0 Å². The first-order valence-corrected chi connectivity index (χ1v) is 12.6. The monoisotopic (exact) mass is 492 g/mol. The summed E-state index contributed by atoms with van der Waals surface area (Å²) in [7, 11) is 0. The molecule has 0 amide bonds. The third-order valence-electron chi connectivity index (χ3n) is 6.27. The molecule has 2 heteroatoms. The molecule has 0 aliphatic heterocycles. The fourth-order valence-electron chi connectivity index (χ4n) is 4.76. The van der Waals surface area contributed by atoms with E-state index in [1.165, 1.54) is 86.2 Å². The molecular formula is C25H34Br2. The van der Waals surface area contributed by atoms with Gasteiger partial charge in [0, 0.05) is 14.7 Å². The molecule has 0 nitrogen and oxygen atoms in total. The van der Waals surface area contributed by atoms with Crippen molar-refractivity contribution >= 4 is 37.4 Å². The van der Waals surface area contributed by atoms with Gasteiger partial charge in [0.15, 0.2) is 0 Å². The average molecular weight is 494 g/mol. The van der Waals surface area contributed by atoms with Gasteiger partial charge in [0.05, 0.1) is 0 Å². The molecule has 0 radical (unpaired) electrons. The van der Waals surface area contributed by atoms with Crippen molar-refractivity contribution in [2.45, 2.75) is 94.7 Å². The molecule has 3 rings (SSSR count). The maximum atomic E-state index is 4.13. The predicted molar refractivity (Wildman–Crippen MR) is 127 cm³/mol. The van der Waals surface area contributed by atoms with Gasteiger partial charge in [-0.15, -0.1) is 0 Å². The molecule has 2 unspecified atom stereocenters. The van der Waals surface area contributed by atoms with Crippen LogP contribution in [0.25, 0.3) is 5.57 Å². The van der Waals surface area contributed by atoms with Crippen LogP contribution in [0.5, 0.6) is 0 Å². The largest absolute Gasteiger partial charge is 0.0804 e. The topological polar surface area (TPSA) is 0 Å². The highest BCUT2D eigenvalue weighted by Crippen LogP contribution is 2.53. The first-order chi connectivity index (χ1) is 13.1. The minimum atomic E-state index is 0.167. The SMILES string of the molecule is CCCCCCC1C2=C(C=CC(Br)(CCCCCC)C2)c2ccc(Br)cc21. The highest BCUT2D eigenvalue weighted by atomic mass is 79.9. The van der Waals surface area contributed by atoms with Crippen LogP contribution in [0.3, 0.4) is 0 Å². The lowest BCUT2D eigenvalue weighted by atomic mass is 9.81. The van der Waals surface area contributed by atoms with Gasteiger partial charge in [0.1, 0.15) is 0 Å². The van der Waals surface area contributed by atoms with Crippen molar-refractivity contribution in [2.75, 3.05) is 0 Å². The normalized spacial score (nSPS) is 23.6. The van der Waals surface area contributed by atoms with E-state index in [-0.39, 0.29) is 4.32 Å². The number of alkyl halides is 1. The van der Waals surface area contributed by atoms with Crippen LogP contribution in [0.1, 0.15) is 102 Å². The highest BCUT2D eigenvalue weighted by molar-refractivity contribution is 9.10. The van der Waals surface area contributed by atoms with Gasteiger partial charge >= 0.3 is 0 Å². The van der Waals surface area contributed by atoms with Gasteiger partial charge in [-0.25, -0.2) is 0 Å². The number of unbranched alkanes of at least 4 members (excludes halogenated alkanes) is 6. The Hall–Kier alpha value is -0.340. The maximum absolute atomic E-state index is 4.13. The Morgan fingerprint density at radius 3 is 2.48 bits per heavy atom. The second kappa shape index (κ2) is 9.92. The van der Waals surface area contributed by atoms with Crippen LogP contribution in [0.4, 0.5) is 0 Å². The number of allylic oxidation sites excluding steroid dienone is 4. The van der Waals surface area contributed by atoms with Crippen molar-refractivity contribution in [3.8, 4) is 0 Å². The Morgan fingerprint density at radius 2 is 1.74 bits per heavy atom. The first kappa shape index (κ1) is 21.4. The predicted octanol–water partition coefficient (Wildman–Crippen LogP) is 9.33. The van der Waals surface area contributed by atoms with Gasteiger partial charge in [-0.2, -0.15) is 0 Å². The molecule has 0 bridgehead atoms. The standard InChI is InChI=1S/C25H34Br2/c1-3-5-7-9-11-20-23-17-19(26)12-13-21(23)22-14-16-25(27,18-24(20)22)15-10-8-6-4-2/h12-14,16-17,20H,3-11,15,18H2,1-2H3. The molecule has 0 saturated carbocycles. The lowest BCUT2D eigenvalue weighted by Gasteiger charge is -2.31. The number of benzene rings is 1. The van der Waals surface area contributed by atoms with Crippen molar-refractivity contribution in [3.63, 3.8) is 0 Å². The quantitative estimate of drug-likeness (QED) is 0.225. The molecule has 148 valence electrons. The molecule has 1 aromatic carbocycles. The van der Waals surface area contributed by atoms with Gasteiger partial charge in [0.25, 0.3) is 0 Å². The van der Waals surface area contributed by atoms with E-state index in [1.54, 1.807) is 11.1 Å². The van der Waals surface area contributed by atoms with Crippen LogP contribution >= 0.6 is 31.9 Å². The molecule has 0 aromatic heterocycles. The van der Waals surface area contributed by atoms with Crippen LogP contribution in [-0.2, 0) is 0 Å². The second-order valence-electron chi connectivity index (χ2n) is 8.43. The summed E-state index contributed by atoms with van der Waals surface area (Å²) in [6, 6.07) is 6.91. The fourth-order valence-corrected chi connectivity index (χ4v) is 5.85. The molecule has 0 saturated heterocycles. The molecule has 2 aliphatic carbocycles. The van der Waals surface area contributed by atoms with Crippen LogP contribution < -0.4 is 0 Å². The summed E-state index contributed by atoms with van der Waals surface area (Å²) in [5, 5.41) is 0. The van der Waals surface area contributed by atoms with E-state index in [9.17, 15) is 0 Å². The fraction of sp³-hybridized carbons (Fsp3) is 0.600. The number of fused-ring (bicyclic) bond motifs is 2. The van der Waals surface area contributed by atoms with Crippen molar-refractivity contribution in [2.24, 2.45) is 0 Å². The lowest BCUT2D eigenvalue weighted by Crippen LogP contribution is -2.22. The number of halogens is 2. The van der Waals surface area contributed by atoms with Gasteiger partial charge in [-0.05, 0) is 48.1 Å². The van der Waals surface area contributed by atoms with E-state index in [2.05, 4.69) is 76.1 Å². The summed E-state index contributed by atoms with van der Waals surface area (Å²) in [6.45, 7) is 4.59. The van der Waals surface area contributed by atoms with E-state index < -0.39 is 0 Å². The molecule has 0 fully saturated rings. The molecule has 2 aliphatic rings.